The molecule has 0 atom stereocenters. The van der Waals surface area contributed by atoms with Crippen LogP contribution in [-0.4, -0.2) is 67.0 Å². The second-order valence-electron chi connectivity index (χ2n) is 8.91. The van der Waals surface area contributed by atoms with Crippen molar-refractivity contribution >= 4 is 17.7 Å². The molecule has 1 aromatic carbocycles. The third kappa shape index (κ3) is 8.12. The van der Waals surface area contributed by atoms with Gasteiger partial charge in [-0.3, -0.25) is 4.79 Å². The minimum absolute atomic E-state index is 0.0149. The maximum atomic E-state index is 14.8. The van der Waals surface area contributed by atoms with Gasteiger partial charge >= 0.3 is 12.1 Å². The minimum atomic E-state index is -5.08. The number of amides is 1. The molecule has 1 aliphatic heterocycles. The molecule has 0 bridgehead atoms. The summed E-state index contributed by atoms with van der Waals surface area (Å²) >= 11 is 0. The van der Waals surface area contributed by atoms with Crippen molar-refractivity contribution in [3.05, 3.63) is 41.3 Å². The highest BCUT2D eigenvalue weighted by Gasteiger charge is 2.38. The van der Waals surface area contributed by atoms with Gasteiger partial charge in [0.05, 0.1) is 26.4 Å². The Balaban J connectivity index is 0.000000638. The lowest BCUT2D eigenvalue weighted by molar-refractivity contribution is -0.192. The number of pyridine rings is 1. The lowest BCUT2D eigenvalue weighted by Crippen LogP contribution is -2.38. The fourth-order valence-electron chi connectivity index (χ4n) is 3.74. The largest absolute Gasteiger partial charge is 0.496 e. The van der Waals surface area contributed by atoms with Gasteiger partial charge in [-0.25, -0.2) is 14.2 Å². The van der Waals surface area contributed by atoms with Crippen LogP contribution in [0.15, 0.2) is 24.4 Å². The number of carbonyl (C=O) groups excluding carboxylic acids is 1. The van der Waals surface area contributed by atoms with Gasteiger partial charge in [0.25, 0.3) is 5.91 Å². The average Bonchev–Trinajstić information content (AvgIpc) is 2.87. The topological polar surface area (TPSA) is 124 Å². The first kappa shape index (κ1) is 30.5. The van der Waals surface area contributed by atoms with E-state index in [0.717, 1.165) is 18.4 Å². The number of alkyl halides is 3. The van der Waals surface area contributed by atoms with E-state index in [2.05, 4.69) is 4.98 Å². The van der Waals surface area contributed by atoms with E-state index in [-0.39, 0.29) is 23.3 Å². The van der Waals surface area contributed by atoms with Gasteiger partial charge in [-0.1, -0.05) is 13.8 Å². The van der Waals surface area contributed by atoms with E-state index < -0.39 is 18.0 Å². The van der Waals surface area contributed by atoms with Crippen molar-refractivity contribution in [1.29, 1.82) is 0 Å². The summed E-state index contributed by atoms with van der Waals surface area (Å²) in [5.41, 5.74) is 6.70. The van der Waals surface area contributed by atoms with Crippen LogP contribution in [0.4, 0.5) is 23.4 Å². The molecule has 13 heteroatoms. The molecular weight excluding hydrogens is 514 g/mol. The molecule has 38 heavy (non-hydrogen) atoms. The number of aromatic nitrogens is 1. The summed E-state index contributed by atoms with van der Waals surface area (Å²) in [5.74, 6) is -1.51. The Bertz CT molecular complexity index is 1120. The fraction of sp³-hybridized carbons (Fsp3) is 0.480. The van der Waals surface area contributed by atoms with Crippen LogP contribution in [-0.2, 0) is 4.79 Å². The van der Waals surface area contributed by atoms with Gasteiger partial charge < -0.3 is 30.0 Å². The Hall–Kier alpha value is -3.77. The fourth-order valence-corrected chi connectivity index (χ4v) is 3.74. The molecule has 0 saturated carbocycles. The summed E-state index contributed by atoms with van der Waals surface area (Å²) in [7, 11) is 3.07. The number of hydrogen-bond acceptors (Lipinski definition) is 7. The van der Waals surface area contributed by atoms with E-state index in [0.29, 0.717) is 42.8 Å². The Labute approximate surface area is 217 Å². The highest BCUT2D eigenvalue weighted by molar-refractivity contribution is 5.95. The number of ether oxygens (including phenoxy) is 3. The van der Waals surface area contributed by atoms with Crippen molar-refractivity contribution in [2.45, 2.75) is 38.8 Å². The minimum Gasteiger partial charge on any atom is -0.496 e. The molecular formula is C25H31F4N3O6. The SMILES string of the molecule is COc1cc(C(=O)N2CCC(c3cnc(N)cc3OC)CC2)c(F)cc1OCC(C)C.O=C(O)C(F)(F)F. The van der Waals surface area contributed by atoms with Gasteiger partial charge in [0.1, 0.15) is 17.4 Å². The van der Waals surface area contributed by atoms with E-state index in [1.54, 1.807) is 24.3 Å². The Morgan fingerprint density at radius 1 is 1.11 bits per heavy atom. The van der Waals surface area contributed by atoms with Gasteiger partial charge in [0.15, 0.2) is 11.5 Å². The van der Waals surface area contributed by atoms with E-state index in [1.165, 1.54) is 19.2 Å². The summed E-state index contributed by atoms with van der Waals surface area (Å²) in [5, 5.41) is 7.12. The van der Waals surface area contributed by atoms with Crippen LogP contribution >= 0.6 is 0 Å². The van der Waals surface area contributed by atoms with Crippen LogP contribution in [0, 0.1) is 11.7 Å². The molecule has 1 aliphatic rings. The molecule has 0 radical (unpaired) electrons. The molecule has 2 aromatic rings. The number of methoxy groups -OCH3 is 2. The number of carbonyl (C=O) groups is 2. The van der Waals surface area contributed by atoms with Crippen LogP contribution in [0.3, 0.4) is 0 Å². The van der Waals surface area contributed by atoms with Crippen molar-refractivity contribution < 1.29 is 46.5 Å². The quantitative estimate of drug-likeness (QED) is 0.487. The average molecular weight is 546 g/mol. The van der Waals surface area contributed by atoms with Crippen LogP contribution in [0.5, 0.6) is 17.2 Å². The number of carboxylic acid groups (broad SMARTS) is 1. The number of aliphatic carboxylic acids is 1. The molecule has 9 nitrogen and oxygen atoms in total. The predicted molar refractivity (Wildman–Crippen MR) is 130 cm³/mol. The molecule has 0 spiro atoms. The number of rotatable bonds is 7. The van der Waals surface area contributed by atoms with Crippen LogP contribution < -0.4 is 19.9 Å². The smallest absolute Gasteiger partial charge is 0.490 e. The number of nitrogens with two attached hydrogens (primary N) is 1. The van der Waals surface area contributed by atoms with Gasteiger partial charge in [0.2, 0.25) is 0 Å². The zero-order valence-corrected chi connectivity index (χ0v) is 21.5. The lowest BCUT2D eigenvalue weighted by Gasteiger charge is -2.33. The molecule has 210 valence electrons. The molecule has 1 aromatic heterocycles. The second kappa shape index (κ2) is 13.2. The van der Waals surface area contributed by atoms with Crippen LogP contribution in [0.1, 0.15) is 48.5 Å². The number of carboxylic acids is 1. The zero-order valence-electron chi connectivity index (χ0n) is 21.5. The first-order chi connectivity index (χ1) is 17.8. The Morgan fingerprint density at radius 2 is 1.68 bits per heavy atom. The molecule has 0 aliphatic carbocycles. The maximum Gasteiger partial charge on any atom is 0.490 e. The van der Waals surface area contributed by atoms with E-state index in [1.807, 2.05) is 13.8 Å². The highest BCUT2D eigenvalue weighted by Crippen LogP contribution is 2.36. The van der Waals surface area contributed by atoms with Crippen molar-refractivity contribution in [3.63, 3.8) is 0 Å². The molecule has 2 heterocycles. The zero-order chi connectivity index (χ0) is 28.6. The lowest BCUT2D eigenvalue weighted by atomic mass is 9.89. The number of benzene rings is 1. The molecule has 1 fully saturated rings. The number of likely N-dealkylation sites (tertiary alicyclic amines) is 1. The normalized spacial score (nSPS) is 14.0. The Morgan fingerprint density at radius 3 is 2.18 bits per heavy atom. The van der Waals surface area contributed by atoms with Crippen molar-refractivity contribution in [1.82, 2.24) is 9.88 Å². The summed E-state index contributed by atoms with van der Waals surface area (Å²) in [6.45, 7) is 5.44. The third-order valence-corrected chi connectivity index (χ3v) is 5.66. The summed E-state index contributed by atoms with van der Waals surface area (Å²) in [4.78, 5) is 27.7. The Kier molecular flexibility index (Phi) is 10.5. The maximum absolute atomic E-state index is 14.8. The standard InChI is InChI=1S/C23H30FN3O4.C2HF3O2/c1-14(2)13-31-21-10-18(24)16(9-20(21)30-4)23(28)27-7-5-15(6-8-27)17-12-26-22(25)11-19(17)29-3;3-2(4,5)1(6)7/h9-12,14-15H,5-8,13H2,1-4H3,(H2,25,26);(H,6,7). The van der Waals surface area contributed by atoms with Gasteiger partial charge in [0, 0.05) is 37.0 Å². The van der Waals surface area contributed by atoms with Gasteiger partial charge in [-0.05, 0) is 30.7 Å². The summed E-state index contributed by atoms with van der Waals surface area (Å²) < 4.78 is 62.9. The number of nitrogens with zero attached hydrogens (tertiary/aromatic N) is 2. The summed E-state index contributed by atoms with van der Waals surface area (Å²) in [6.07, 6.45) is -1.90. The molecule has 3 N–H and O–H groups in total. The number of nitrogen functional groups attached to an aromatic ring is 1. The number of piperidine rings is 1. The predicted octanol–water partition coefficient (Wildman–Crippen LogP) is 4.51. The summed E-state index contributed by atoms with van der Waals surface area (Å²) in [6, 6.07) is 4.36. The first-order valence-electron chi connectivity index (χ1n) is 11.7. The number of hydrogen-bond donors (Lipinski definition) is 2. The number of halogens is 4. The molecule has 1 saturated heterocycles. The van der Waals surface area contributed by atoms with Crippen molar-refractivity contribution in [2.75, 3.05) is 39.6 Å². The van der Waals surface area contributed by atoms with Crippen molar-refractivity contribution in [2.24, 2.45) is 5.92 Å². The molecule has 0 unspecified atom stereocenters. The van der Waals surface area contributed by atoms with Crippen LogP contribution in [0.2, 0.25) is 0 Å². The highest BCUT2D eigenvalue weighted by atomic mass is 19.4. The van der Waals surface area contributed by atoms with Crippen molar-refractivity contribution in [3.8, 4) is 17.2 Å². The third-order valence-electron chi connectivity index (χ3n) is 5.66. The first-order valence-corrected chi connectivity index (χ1v) is 11.7. The van der Waals surface area contributed by atoms with E-state index in [4.69, 9.17) is 29.8 Å². The van der Waals surface area contributed by atoms with Crippen LogP contribution in [0.25, 0.3) is 0 Å². The molecule has 3 rings (SSSR count). The molecule has 1 amide bonds. The van der Waals surface area contributed by atoms with E-state index in [9.17, 15) is 22.4 Å². The second-order valence-corrected chi connectivity index (χ2v) is 8.91. The van der Waals surface area contributed by atoms with E-state index >= 15 is 0 Å². The van der Waals surface area contributed by atoms with Gasteiger partial charge in [-0.15, -0.1) is 0 Å². The number of anilines is 1. The monoisotopic (exact) mass is 545 g/mol. The van der Waals surface area contributed by atoms with Gasteiger partial charge in [-0.2, -0.15) is 13.2 Å².